The number of hydrogen-bond donors (Lipinski definition) is 1. The fourth-order valence-corrected chi connectivity index (χ4v) is 1.73. The van der Waals surface area contributed by atoms with Crippen LogP contribution < -0.4 is 5.73 Å². The lowest BCUT2D eigenvalue weighted by molar-refractivity contribution is -0.134. The third-order valence-electron chi connectivity index (χ3n) is 3.33. The van der Waals surface area contributed by atoms with Gasteiger partial charge in [-0.25, -0.2) is 0 Å². The van der Waals surface area contributed by atoms with E-state index in [0.717, 1.165) is 25.9 Å². The second-order valence-corrected chi connectivity index (χ2v) is 4.83. The van der Waals surface area contributed by atoms with Crippen molar-refractivity contribution in [3.8, 4) is 0 Å². The molecule has 0 rings (SSSR count). The fourth-order valence-electron chi connectivity index (χ4n) is 1.73. The fraction of sp³-hybridized carbons (Fsp3) is 0.923. The number of hydrogen-bond acceptors (Lipinski definition) is 2. The number of nitrogens with two attached hydrogens (primary N) is 1. The van der Waals surface area contributed by atoms with Crippen molar-refractivity contribution in [2.45, 2.75) is 53.5 Å². The number of likely N-dealkylation sites (N-methyl/N-ethyl adjacent to an activating group) is 1. The summed E-state index contributed by atoms with van der Waals surface area (Å²) in [6.45, 7) is 12.0. The summed E-state index contributed by atoms with van der Waals surface area (Å²) in [7, 11) is 0. The smallest absolute Gasteiger partial charge is 0.239 e. The Morgan fingerprint density at radius 1 is 1.19 bits per heavy atom. The third kappa shape index (κ3) is 4.52. The summed E-state index contributed by atoms with van der Waals surface area (Å²) in [4.78, 5) is 14.0. The van der Waals surface area contributed by atoms with E-state index in [1.807, 2.05) is 25.7 Å². The zero-order valence-electron chi connectivity index (χ0n) is 11.5. The number of rotatable bonds is 7. The van der Waals surface area contributed by atoms with Crippen LogP contribution in [0.15, 0.2) is 0 Å². The maximum absolute atomic E-state index is 12.1. The first kappa shape index (κ1) is 15.4. The molecule has 16 heavy (non-hydrogen) atoms. The van der Waals surface area contributed by atoms with Gasteiger partial charge in [0.05, 0.1) is 6.04 Å². The Labute approximate surface area is 100 Å². The molecule has 0 aliphatic heterocycles. The molecule has 0 saturated carbocycles. The number of amides is 1. The van der Waals surface area contributed by atoms with Crippen molar-refractivity contribution in [2.75, 3.05) is 13.1 Å². The molecule has 0 aromatic carbocycles. The van der Waals surface area contributed by atoms with E-state index in [2.05, 4.69) is 13.8 Å². The van der Waals surface area contributed by atoms with Gasteiger partial charge in [0, 0.05) is 13.1 Å². The van der Waals surface area contributed by atoms with Crippen LogP contribution in [0, 0.1) is 11.8 Å². The minimum Gasteiger partial charge on any atom is -0.341 e. The van der Waals surface area contributed by atoms with Crippen molar-refractivity contribution < 1.29 is 4.79 Å². The molecule has 0 spiro atoms. The molecular weight excluding hydrogens is 200 g/mol. The Balaban J connectivity index is 4.42. The van der Waals surface area contributed by atoms with E-state index in [-0.39, 0.29) is 17.9 Å². The second-order valence-electron chi connectivity index (χ2n) is 4.83. The first-order valence-electron chi connectivity index (χ1n) is 6.52. The first-order chi connectivity index (χ1) is 7.47. The Morgan fingerprint density at radius 2 is 1.69 bits per heavy atom. The lowest BCUT2D eigenvalue weighted by Gasteiger charge is -2.29. The van der Waals surface area contributed by atoms with Gasteiger partial charge in [-0.05, 0) is 18.8 Å². The van der Waals surface area contributed by atoms with E-state index in [4.69, 9.17) is 5.73 Å². The lowest BCUT2D eigenvalue weighted by atomic mass is 10.0. The van der Waals surface area contributed by atoms with E-state index in [9.17, 15) is 4.79 Å². The summed E-state index contributed by atoms with van der Waals surface area (Å²) in [5, 5.41) is 0. The zero-order chi connectivity index (χ0) is 12.7. The predicted octanol–water partition coefficient (Wildman–Crippen LogP) is 2.25. The molecule has 0 heterocycles. The summed E-state index contributed by atoms with van der Waals surface area (Å²) in [6, 6.07) is -0.352. The summed E-state index contributed by atoms with van der Waals surface area (Å²) >= 11 is 0. The van der Waals surface area contributed by atoms with E-state index in [0.29, 0.717) is 5.92 Å². The van der Waals surface area contributed by atoms with E-state index >= 15 is 0 Å². The average molecular weight is 228 g/mol. The van der Waals surface area contributed by atoms with Crippen LogP contribution >= 0.6 is 0 Å². The molecule has 1 amide bonds. The van der Waals surface area contributed by atoms with Crippen molar-refractivity contribution in [3.05, 3.63) is 0 Å². The molecule has 3 nitrogen and oxygen atoms in total. The molecule has 3 heteroatoms. The molecule has 0 radical (unpaired) electrons. The predicted molar refractivity (Wildman–Crippen MR) is 69.1 cm³/mol. The van der Waals surface area contributed by atoms with Gasteiger partial charge >= 0.3 is 0 Å². The van der Waals surface area contributed by atoms with Gasteiger partial charge in [-0.1, -0.05) is 40.5 Å². The molecule has 2 N–H and O–H groups in total. The highest BCUT2D eigenvalue weighted by atomic mass is 16.2. The molecule has 1 atom stereocenters. The van der Waals surface area contributed by atoms with Crippen molar-refractivity contribution >= 4 is 5.91 Å². The maximum atomic E-state index is 12.1. The van der Waals surface area contributed by atoms with Gasteiger partial charge in [-0.3, -0.25) is 4.79 Å². The lowest BCUT2D eigenvalue weighted by Crippen LogP contribution is -2.47. The standard InChI is InChI=1S/C13H28N2O/c1-6-11(7-2)9-15(8-3)13(16)12(14)10(4)5/h10-12H,6-9,14H2,1-5H3/t12-/m0/s1. The quantitative estimate of drug-likeness (QED) is 0.726. The molecule has 0 fully saturated rings. The maximum Gasteiger partial charge on any atom is 0.239 e. The zero-order valence-corrected chi connectivity index (χ0v) is 11.5. The number of carbonyl (C=O) groups is 1. The van der Waals surface area contributed by atoms with Gasteiger partial charge < -0.3 is 10.6 Å². The summed E-state index contributed by atoms with van der Waals surface area (Å²) in [5.74, 6) is 0.913. The normalized spacial score (nSPS) is 13.2. The van der Waals surface area contributed by atoms with Crippen molar-refractivity contribution in [1.82, 2.24) is 4.90 Å². The topological polar surface area (TPSA) is 46.3 Å². The summed E-state index contributed by atoms with van der Waals surface area (Å²) in [5.41, 5.74) is 5.90. The first-order valence-corrected chi connectivity index (χ1v) is 6.52. The minimum absolute atomic E-state index is 0.101. The van der Waals surface area contributed by atoms with Crippen LogP contribution in [0.1, 0.15) is 47.5 Å². The monoisotopic (exact) mass is 228 g/mol. The second kappa shape index (κ2) is 7.66. The van der Waals surface area contributed by atoms with E-state index < -0.39 is 0 Å². The summed E-state index contributed by atoms with van der Waals surface area (Å²) in [6.07, 6.45) is 2.24. The molecule has 0 aromatic rings. The summed E-state index contributed by atoms with van der Waals surface area (Å²) < 4.78 is 0. The Bertz CT molecular complexity index is 200. The minimum atomic E-state index is -0.352. The van der Waals surface area contributed by atoms with Crippen molar-refractivity contribution in [3.63, 3.8) is 0 Å². The van der Waals surface area contributed by atoms with E-state index in [1.165, 1.54) is 0 Å². The van der Waals surface area contributed by atoms with Gasteiger partial charge in [0.15, 0.2) is 0 Å². The third-order valence-corrected chi connectivity index (χ3v) is 3.33. The molecular formula is C13H28N2O. The molecule has 0 unspecified atom stereocenters. The van der Waals surface area contributed by atoms with Crippen molar-refractivity contribution in [1.29, 1.82) is 0 Å². The van der Waals surface area contributed by atoms with Gasteiger partial charge in [-0.2, -0.15) is 0 Å². The van der Waals surface area contributed by atoms with Crippen LogP contribution in [0.4, 0.5) is 0 Å². The van der Waals surface area contributed by atoms with E-state index in [1.54, 1.807) is 0 Å². The van der Waals surface area contributed by atoms with Crippen LogP contribution in [0.5, 0.6) is 0 Å². The highest BCUT2D eigenvalue weighted by Crippen LogP contribution is 2.12. The van der Waals surface area contributed by atoms with Gasteiger partial charge in [-0.15, -0.1) is 0 Å². The molecule has 96 valence electrons. The molecule has 0 aromatic heterocycles. The molecule has 0 aliphatic rings. The van der Waals surface area contributed by atoms with Crippen molar-refractivity contribution in [2.24, 2.45) is 17.6 Å². The van der Waals surface area contributed by atoms with Crippen LogP contribution in [0.25, 0.3) is 0 Å². The molecule has 0 aliphatic carbocycles. The Morgan fingerprint density at radius 3 is 2.00 bits per heavy atom. The van der Waals surface area contributed by atoms with Crippen LogP contribution in [0.3, 0.4) is 0 Å². The Kier molecular flexibility index (Phi) is 7.39. The van der Waals surface area contributed by atoms with Crippen LogP contribution in [-0.2, 0) is 4.79 Å². The van der Waals surface area contributed by atoms with Crippen LogP contribution in [-0.4, -0.2) is 29.9 Å². The van der Waals surface area contributed by atoms with Crippen LogP contribution in [0.2, 0.25) is 0 Å². The van der Waals surface area contributed by atoms with Gasteiger partial charge in [0.25, 0.3) is 0 Å². The number of nitrogens with zero attached hydrogens (tertiary/aromatic N) is 1. The largest absolute Gasteiger partial charge is 0.341 e. The highest BCUT2D eigenvalue weighted by molar-refractivity contribution is 5.81. The Hall–Kier alpha value is -0.570. The SMILES string of the molecule is CCC(CC)CN(CC)C(=O)[C@@H](N)C(C)C. The average Bonchev–Trinajstić information content (AvgIpc) is 2.29. The molecule has 0 saturated heterocycles. The van der Waals surface area contributed by atoms with Gasteiger partial charge in [0.2, 0.25) is 5.91 Å². The highest BCUT2D eigenvalue weighted by Gasteiger charge is 2.23. The van der Waals surface area contributed by atoms with Gasteiger partial charge in [0.1, 0.15) is 0 Å². The molecule has 0 bridgehead atoms. The number of carbonyl (C=O) groups excluding carboxylic acids is 1.